The predicted octanol–water partition coefficient (Wildman–Crippen LogP) is 4.79. The van der Waals surface area contributed by atoms with Crippen molar-refractivity contribution in [1.29, 1.82) is 0 Å². The molecular weight excluding hydrogens is 537 g/mol. The number of anilines is 2. The van der Waals surface area contributed by atoms with Gasteiger partial charge in [0.2, 0.25) is 17.7 Å². The maximum atomic E-state index is 13.8. The predicted molar refractivity (Wildman–Crippen MR) is 149 cm³/mol. The fourth-order valence-corrected chi connectivity index (χ4v) is 7.87. The molecule has 3 aromatic carbocycles. The van der Waals surface area contributed by atoms with Gasteiger partial charge in [-0.05, 0) is 48.9 Å². The molecule has 196 valence electrons. The first kappa shape index (κ1) is 25.3. The molecule has 1 saturated heterocycles. The van der Waals surface area contributed by atoms with Crippen molar-refractivity contribution in [3.05, 3.63) is 110 Å². The van der Waals surface area contributed by atoms with Crippen molar-refractivity contribution in [2.24, 2.45) is 5.92 Å². The van der Waals surface area contributed by atoms with Crippen molar-refractivity contribution in [2.75, 3.05) is 10.2 Å². The van der Waals surface area contributed by atoms with Gasteiger partial charge in [-0.25, -0.2) is 9.29 Å². The monoisotopic (exact) mass is 559 g/mol. The lowest BCUT2D eigenvalue weighted by atomic mass is 9.83. The highest BCUT2D eigenvalue weighted by Gasteiger charge is 2.56. The van der Waals surface area contributed by atoms with Crippen molar-refractivity contribution < 1.29 is 18.8 Å². The zero-order chi connectivity index (χ0) is 27.3. The molecule has 2 aliphatic rings. The van der Waals surface area contributed by atoms with E-state index in [-0.39, 0.29) is 23.2 Å². The second-order valence-corrected chi connectivity index (χ2v) is 11.6. The van der Waals surface area contributed by atoms with E-state index in [0.717, 1.165) is 22.5 Å². The number of halogens is 1. The summed E-state index contributed by atoms with van der Waals surface area (Å²) >= 11 is 2.17. The fraction of sp³-hybridized carbons (Fsp3) is 0.172. The number of aryl methyl sites for hydroxylation is 1. The van der Waals surface area contributed by atoms with Crippen LogP contribution in [0.15, 0.2) is 88.7 Å². The highest BCUT2D eigenvalue weighted by molar-refractivity contribution is 8.00. The smallest absolute Gasteiger partial charge is 0.308 e. The number of thioether (sulfide) groups is 1. The van der Waals surface area contributed by atoms with Gasteiger partial charge in [-0.15, -0.1) is 0 Å². The van der Waals surface area contributed by atoms with Gasteiger partial charge in [0.1, 0.15) is 17.6 Å². The van der Waals surface area contributed by atoms with Crippen LogP contribution in [0.4, 0.5) is 15.8 Å². The Morgan fingerprint density at radius 2 is 1.62 bits per heavy atom. The summed E-state index contributed by atoms with van der Waals surface area (Å²) in [5.74, 6) is -2.74. The summed E-state index contributed by atoms with van der Waals surface area (Å²) in [6.07, 6.45) is 0. The Balaban J connectivity index is 1.39. The van der Waals surface area contributed by atoms with Crippen molar-refractivity contribution >= 4 is 52.2 Å². The molecule has 10 heteroatoms. The van der Waals surface area contributed by atoms with E-state index in [4.69, 9.17) is 0 Å². The van der Waals surface area contributed by atoms with Crippen LogP contribution in [-0.2, 0) is 20.9 Å². The number of fused-ring (bicyclic) bond motifs is 2. The molecule has 7 nitrogen and oxygen atoms in total. The molecule has 0 aliphatic carbocycles. The maximum absolute atomic E-state index is 13.8. The van der Waals surface area contributed by atoms with Gasteiger partial charge in [-0.1, -0.05) is 71.1 Å². The van der Waals surface area contributed by atoms with Crippen LogP contribution in [-0.4, -0.2) is 27.5 Å². The van der Waals surface area contributed by atoms with Gasteiger partial charge in [0.25, 0.3) is 0 Å². The lowest BCUT2D eigenvalue weighted by Crippen LogP contribution is -2.33. The van der Waals surface area contributed by atoms with Gasteiger partial charge in [-0.3, -0.25) is 23.7 Å². The van der Waals surface area contributed by atoms with Crippen LogP contribution in [0.1, 0.15) is 21.9 Å². The van der Waals surface area contributed by atoms with Gasteiger partial charge in [0, 0.05) is 16.5 Å². The normalized spacial score (nSPS) is 20.1. The molecule has 0 spiro atoms. The third-order valence-electron chi connectivity index (χ3n) is 6.93. The van der Waals surface area contributed by atoms with Gasteiger partial charge in [-0.2, -0.15) is 0 Å². The Bertz CT molecular complexity index is 1650. The number of nitrogens with zero attached hydrogens (tertiary/aromatic N) is 2. The minimum absolute atomic E-state index is 0.280. The summed E-state index contributed by atoms with van der Waals surface area (Å²) in [6.45, 7) is 1.65. The Kier molecular flexibility index (Phi) is 6.44. The zero-order valence-corrected chi connectivity index (χ0v) is 22.3. The number of aromatic nitrogens is 1. The summed E-state index contributed by atoms with van der Waals surface area (Å²) in [6, 6.07) is 21.9. The van der Waals surface area contributed by atoms with E-state index in [0.29, 0.717) is 21.3 Å². The highest BCUT2D eigenvalue weighted by atomic mass is 32.2. The lowest BCUT2D eigenvalue weighted by Gasteiger charge is -2.30. The summed E-state index contributed by atoms with van der Waals surface area (Å²) in [5.41, 5.74) is 2.75. The fourth-order valence-electron chi connectivity index (χ4n) is 5.10. The number of thiazole rings is 1. The third kappa shape index (κ3) is 4.49. The number of carbonyl (C=O) groups excluding carboxylic acids is 3. The molecule has 1 aromatic heterocycles. The van der Waals surface area contributed by atoms with E-state index in [9.17, 15) is 23.6 Å². The van der Waals surface area contributed by atoms with Crippen LogP contribution in [0.5, 0.6) is 0 Å². The molecule has 4 aromatic rings. The lowest BCUT2D eigenvalue weighted by molar-refractivity contribution is -0.122. The van der Waals surface area contributed by atoms with E-state index >= 15 is 0 Å². The summed E-state index contributed by atoms with van der Waals surface area (Å²) in [7, 11) is 0. The zero-order valence-electron chi connectivity index (χ0n) is 20.7. The number of carbonyl (C=O) groups is 3. The molecule has 6 rings (SSSR count). The molecule has 0 radical (unpaired) electrons. The quantitative estimate of drug-likeness (QED) is 0.355. The third-order valence-corrected chi connectivity index (χ3v) is 9.53. The number of imide groups is 1. The molecule has 2 unspecified atom stereocenters. The van der Waals surface area contributed by atoms with Gasteiger partial charge < -0.3 is 5.32 Å². The van der Waals surface area contributed by atoms with Crippen LogP contribution in [0, 0.1) is 18.7 Å². The summed E-state index contributed by atoms with van der Waals surface area (Å²) in [5, 5.41) is 2.44. The van der Waals surface area contributed by atoms with Gasteiger partial charge >= 0.3 is 4.87 Å². The Morgan fingerprint density at radius 3 is 2.31 bits per heavy atom. The Morgan fingerprint density at radius 1 is 0.923 bits per heavy atom. The van der Waals surface area contributed by atoms with E-state index in [1.165, 1.54) is 45.5 Å². The minimum Gasteiger partial charge on any atom is -0.325 e. The maximum Gasteiger partial charge on any atom is 0.308 e. The van der Waals surface area contributed by atoms with Gasteiger partial charge in [0.15, 0.2) is 0 Å². The van der Waals surface area contributed by atoms with Crippen LogP contribution in [0.2, 0.25) is 0 Å². The Labute approximate surface area is 231 Å². The standard InChI is InChI=1S/C29H22FN3O4S2/c1-16-7-13-20(14-8-16)33-26(35)23-22(17-5-3-2-4-6-17)25-28(38-24(23)27(33)36)32(29(37)39-25)15-21(34)31-19-11-9-18(30)10-12-19/h2-14,22-24H,15H2,1H3,(H,31,34)/t22-,23?,24?/m1/s1. The van der Waals surface area contributed by atoms with E-state index in [1.54, 1.807) is 12.1 Å². The average molecular weight is 560 g/mol. The number of nitrogens with one attached hydrogen (secondary N) is 1. The van der Waals surface area contributed by atoms with Crippen molar-refractivity contribution in [1.82, 2.24) is 4.57 Å². The topological polar surface area (TPSA) is 88.5 Å². The largest absolute Gasteiger partial charge is 0.325 e. The molecule has 0 saturated carbocycles. The van der Waals surface area contributed by atoms with E-state index in [2.05, 4.69) is 5.32 Å². The highest BCUT2D eigenvalue weighted by Crippen LogP contribution is 2.53. The van der Waals surface area contributed by atoms with Gasteiger partial charge in [0.05, 0.1) is 16.6 Å². The second kappa shape index (κ2) is 9.94. The van der Waals surface area contributed by atoms with Crippen molar-refractivity contribution in [2.45, 2.75) is 29.7 Å². The van der Waals surface area contributed by atoms with Crippen LogP contribution < -0.4 is 15.1 Å². The summed E-state index contributed by atoms with van der Waals surface area (Å²) < 4.78 is 14.6. The molecule has 3 amide bonds. The Hall–Kier alpha value is -4.02. The molecule has 3 heterocycles. The van der Waals surface area contributed by atoms with Crippen LogP contribution >= 0.6 is 23.1 Å². The van der Waals surface area contributed by atoms with Crippen LogP contribution in [0.3, 0.4) is 0 Å². The number of hydrogen-bond donors (Lipinski definition) is 1. The molecular formula is C29H22FN3O4S2. The first-order valence-corrected chi connectivity index (χ1v) is 14.0. The van der Waals surface area contributed by atoms with Crippen LogP contribution in [0.25, 0.3) is 0 Å². The molecule has 1 N–H and O–H groups in total. The molecule has 0 bridgehead atoms. The first-order chi connectivity index (χ1) is 18.8. The molecule has 2 aliphatic heterocycles. The SMILES string of the molecule is Cc1ccc(N2C(=O)C3Sc4c(sc(=O)n4CC(=O)Nc4ccc(F)cc4)[C@H](c4ccccc4)C3C2=O)cc1. The molecule has 3 atom stereocenters. The van der Waals surface area contributed by atoms with Crippen molar-refractivity contribution in [3.63, 3.8) is 0 Å². The first-order valence-electron chi connectivity index (χ1n) is 12.3. The van der Waals surface area contributed by atoms with E-state index in [1.807, 2.05) is 49.4 Å². The molecule has 39 heavy (non-hydrogen) atoms. The number of amides is 3. The van der Waals surface area contributed by atoms with Crippen molar-refractivity contribution in [3.8, 4) is 0 Å². The average Bonchev–Trinajstić information content (AvgIpc) is 3.37. The number of hydrogen-bond acceptors (Lipinski definition) is 6. The number of benzene rings is 3. The summed E-state index contributed by atoms with van der Waals surface area (Å²) in [4.78, 5) is 55.2. The van der Waals surface area contributed by atoms with E-state index < -0.39 is 28.8 Å². The number of rotatable bonds is 5. The minimum atomic E-state index is -0.753. The molecule has 1 fully saturated rings. The second-order valence-electron chi connectivity index (χ2n) is 9.48.